The molecular weight excluding hydrogens is 224 g/mol. The Kier molecular flexibility index (Phi) is 3.53. The Labute approximate surface area is 108 Å². The minimum absolute atomic E-state index is 0.159. The summed E-state index contributed by atoms with van der Waals surface area (Å²) < 4.78 is 2.09. The molecule has 0 aliphatic rings. The van der Waals surface area contributed by atoms with E-state index >= 15 is 0 Å². The number of imidazole rings is 1. The number of aromatic nitrogens is 2. The maximum Gasteiger partial charge on any atom is 0.140 e. The van der Waals surface area contributed by atoms with E-state index in [1.165, 1.54) is 11.1 Å². The summed E-state index contributed by atoms with van der Waals surface area (Å²) in [6.07, 6.45) is 0.653. The van der Waals surface area contributed by atoms with Crippen LogP contribution in [0.15, 0.2) is 18.2 Å². The Hall–Kier alpha value is -1.61. The lowest BCUT2D eigenvalue weighted by molar-refractivity contribution is 0.296. The molecule has 1 aromatic heterocycles. The summed E-state index contributed by atoms with van der Waals surface area (Å²) in [6.45, 7) is 6.36. The number of rotatable bonds is 3. The normalized spacial score (nSPS) is 10.9. The van der Waals surface area contributed by atoms with E-state index in [0.717, 1.165) is 22.8 Å². The molecule has 0 radical (unpaired) electrons. The summed E-state index contributed by atoms with van der Waals surface area (Å²) in [5.74, 6) is 0.980. The lowest BCUT2D eigenvalue weighted by Crippen LogP contribution is -2.02. The second-order valence-electron chi connectivity index (χ2n) is 4.82. The van der Waals surface area contributed by atoms with E-state index < -0.39 is 0 Å². The van der Waals surface area contributed by atoms with Crippen LogP contribution in [0.2, 0.25) is 0 Å². The average molecular weight is 244 g/mol. The highest BCUT2D eigenvalue weighted by molar-refractivity contribution is 5.62. The van der Waals surface area contributed by atoms with Crippen molar-refractivity contribution in [3.05, 3.63) is 40.7 Å². The first-order chi connectivity index (χ1) is 8.54. The number of aryl methyl sites for hydroxylation is 3. The van der Waals surface area contributed by atoms with E-state index in [1.807, 2.05) is 14.0 Å². The predicted octanol–water partition coefficient (Wildman–Crippen LogP) is 2.55. The van der Waals surface area contributed by atoms with Gasteiger partial charge in [0.25, 0.3) is 0 Å². The monoisotopic (exact) mass is 244 g/mol. The summed E-state index contributed by atoms with van der Waals surface area (Å²) in [6, 6.07) is 6.40. The third-order valence-corrected chi connectivity index (χ3v) is 3.39. The molecule has 0 atom stereocenters. The van der Waals surface area contributed by atoms with Gasteiger partial charge in [-0.1, -0.05) is 23.8 Å². The number of hydrogen-bond acceptors (Lipinski definition) is 2. The van der Waals surface area contributed by atoms with Gasteiger partial charge in [0.15, 0.2) is 0 Å². The third kappa shape index (κ3) is 2.18. The summed E-state index contributed by atoms with van der Waals surface area (Å²) in [7, 11) is 2.01. The fourth-order valence-corrected chi connectivity index (χ4v) is 2.43. The minimum Gasteiger partial charge on any atom is -0.396 e. The van der Waals surface area contributed by atoms with Crippen LogP contribution in [-0.4, -0.2) is 21.3 Å². The van der Waals surface area contributed by atoms with E-state index in [-0.39, 0.29) is 6.61 Å². The number of benzene rings is 1. The highest BCUT2D eigenvalue weighted by Crippen LogP contribution is 2.25. The molecule has 3 nitrogen and oxygen atoms in total. The molecule has 2 aromatic rings. The van der Waals surface area contributed by atoms with E-state index in [9.17, 15) is 0 Å². The minimum atomic E-state index is 0.159. The van der Waals surface area contributed by atoms with E-state index in [0.29, 0.717) is 6.42 Å². The molecule has 0 saturated heterocycles. The number of hydrogen-bond donors (Lipinski definition) is 1. The van der Waals surface area contributed by atoms with Gasteiger partial charge in [-0.25, -0.2) is 4.98 Å². The Morgan fingerprint density at radius 1 is 1.22 bits per heavy atom. The maximum atomic E-state index is 9.10. The summed E-state index contributed by atoms with van der Waals surface area (Å²) in [5, 5.41) is 9.10. The highest BCUT2D eigenvalue weighted by atomic mass is 16.3. The quantitative estimate of drug-likeness (QED) is 0.901. The van der Waals surface area contributed by atoms with E-state index in [2.05, 4.69) is 41.6 Å². The number of nitrogens with zero attached hydrogens (tertiary/aromatic N) is 2. The van der Waals surface area contributed by atoms with Crippen molar-refractivity contribution in [1.82, 2.24) is 9.55 Å². The van der Waals surface area contributed by atoms with Gasteiger partial charge < -0.3 is 9.67 Å². The van der Waals surface area contributed by atoms with Crippen LogP contribution >= 0.6 is 0 Å². The van der Waals surface area contributed by atoms with Crippen LogP contribution in [0.5, 0.6) is 0 Å². The zero-order valence-electron chi connectivity index (χ0n) is 11.5. The second kappa shape index (κ2) is 4.94. The van der Waals surface area contributed by atoms with Gasteiger partial charge in [-0.05, 0) is 26.3 Å². The van der Waals surface area contributed by atoms with Crippen LogP contribution < -0.4 is 0 Å². The Morgan fingerprint density at radius 2 is 1.94 bits per heavy atom. The van der Waals surface area contributed by atoms with Gasteiger partial charge in [-0.3, -0.25) is 0 Å². The van der Waals surface area contributed by atoms with Crippen molar-refractivity contribution < 1.29 is 5.11 Å². The van der Waals surface area contributed by atoms with Crippen molar-refractivity contribution in [3.8, 4) is 11.4 Å². The zero-order valence-corrected chi connectivity index (χ0v) is 11.5. The van der Waals surface area contributed by atoms with E-state index in [1.54, 1.807) is 0 Å². The van der Waals surface area contributed by atoms with Gasteiger partial charge in [0.05, 0.1) is 5.69 Å². The molecule has 0 unspecified atom stereocenters. The average Bonchev–Trinajstić information content (AvgIpc) is 2.58. The van der Waals surface area contributed by atoms with Crippen molar-refractivity contribution in [2.24, 2.45) is 7.05 Å². The molecule has 96 valence electrons. The molecule has 0 fully saturated rings. The van der Waals surface area contributed by atoms with Crippen molar-refractivity contribution >= 4 is 0 Å². The molecule has 0 bridgehead atoms. The lowest BCUT2D eigenvalue weighted by Gasteiger charge is -2.08. The molecule has 0 saturated carbocycles. The van der Waals surface area contributed by atoms with Crippen LogP contribution in [0.1, 0.15) is 22.5 Å². The Balaban J connectivity index is 2.54. The van der Waals surface area contributed by atoms with Crippen molar-refractivity contribution in [1.29, 1.82) is 0 Å². The summed E-state index contributed by atoms with van der Waals surface area (Å²) in [4.78, 5) is 4.64. The van der Waals surface area contributed by atoms with Crippen LogP contribution in [0.3, 0.4) is 0 Å². The molecule has 0 amide bonds. The highest BCUT2D eigenvalue weighted by Gasteiger charge is 2.14. The lowest BCUT2D eigenvalue weighted by atomic mass is 10.1. The van der Waals surface area contributed by atoms with Gasteiger partial charge in [0.1, 0.15) is 5.82 Å². The Bertz CT molecular complexity index is 570. The fraction of sp³-hybridized carbons (Fsp3) is 0.400. The molecule has 0 spiro atoms. The van der Waals surface area contributed by atoms with Gasteiger partial charge in [-0.15, -0.1) is 0 Å². The molecular formula is C15H20N2O. The van der Waals surface area contributed by atoms with Gasteiger partial charge in [-0.2, -0.15) is 0 Å². The van der Waals surface area contributed by atoms with Gasteiger partial charge in [0, 0.05) is 31.3 Å². The molecule has 2 rings (SSSR count). The smallest absolute Gasteiger partial charge is 0.140 e. The van der Waals surface area contributed by atoms with Crippen LogP contribution in [0, 0.1) is 20.8 Å². The summed E-state index contributed by atoms with van der Waals surface area (Å²) >= 11 is 0. The molecule has 1 aromatic carbocycles. The predicted molar refractivity (Wildman–Crippen MR) is 73.6 cm³/mol. The molecule has 18 heavy (non-hydrogen) atoms. The standard InChI is InChI=1S/C15H20N2O/c1-10-5-6-13(11(2)9-10)15-16-12(3)14(7-8-18)17(15)4/h5-6,9,18H,7-8H2,1-4H3. The van der Waals surface area contributed by atoms with Crippen molar-refractivity contribution in [2.45, 2.75) is 27.2 Å². The topological polar surface area (TPSA) is 38.1 Å². The van der Waals surface area contributed by atoms with E-state index in [4.69, 9.17) is 5.11 Å². The number of aliphatic hydroxyl groups is 1. The van der Waals surface area contributed by atoms with Crippen LogP contribution in [0.4, 0.5) is 0 Å². The van der Waals surface area contributed by atoms with Crippen LogP contribution in [0.25, 0.3) is 11.4 Å². The largest absolute Gasteiger partial charge is 0.396 e. The molecule has 0 aliphatic carbocycles. The SMILES string of the molecule is Cc1ccc(-c2nc(C)c(CCO)n2C)c(C)c1. The fourth-order valence-electron chi connectivity index (χ4n) is 2.43. The van der Waals surface area contributed by atoms with Crippen molar-refractivity contribution in [2.75, 3.05) is 6.61 Å². The Morgan fingerprint density at radius 3 is 2.56 bits per heavy atom. The first kappa shape index (κ1) is 12.8. The molecule has 3 heteroatoms. The molecule has 0 aliphatic heterocycles. The maximum absolute atomic E-state index is 9.10. The third-order valence-electron chi connectivity index (χ3n) is 3.39. The van der Waals surface area contributed by atoms with Gasteiger partial charge >= 0.3 is 0 Å². The molecule has 1 N–H and O–H groups in total. The first-order valence-corrected chi connectivity index (χ1v) is 6.25. The van der Waals surface area contributed by atoms with Crippen LogP contribution in [-0.2, 0) is 13.5 Å². The summed E-state index contributed by atoms with van der Waals surface area (Å²) in [5.41, 5.74) is 5.76. The number of aliphatic hydroxyl groups excluding tert-OH is 1. The van der Waals surface area contributed by atoms with Crippen molar-refractivity contribution in [3.63, 3.8) is 0 Å². The molecule has 1 heterocycles. The first-order valence-electron chi connectivity index (χ1n) is 6.25. The zero-order chi connectivity index (χ0) is 13.3. The second-order valence-corrected chi connectivity index (χ2v) is 4.82. The van der Waals surface area contributed by atoms with Gasteiger partial charge in [0.2, 0.25) is 0 Å².